The number of carbonyl (C=O) groups excluding carboxylic acids is 2. The summed E-state index contributed by atoms with van der Waals surface area (Å²) >= 11 is 0. The molecule has 8 nitrogen and oxygen atoms in total. The van der Waals surface area contributed by atoms with Crippen molar-refractivity contribution in [3.8, 4) is 0 Å². The topological polar surface area (TPSA) is 110 Å². The second kappa shape index (κ2) is 11.5. The number of hydrogen-bond acceptors (Lipinski definition) is 4. The Kier molecular flexibility index (Phi) is 9.06. The fourth-order valence-electron chi connectivity index (χ4n) is 3.11. The van der Waals surface area contributed by atoms with E-state index >= 15 is 0 Å². The third-order valence-corrected chi connectivity index (χ3v) is 6.44. The lowest BCUT2D eigenvalue weighted by Gasteiger charge is -2.33. The van der Waals surface area contributed by atoms with Gasteiger partial charge in [0.1, 0.15) is 23.4 Å². The molecule has 2 aromatic carbocycles. The molecular weight excluding hydrogens is 437 g/mol. The molecule has 3 rings (SSSR count). The first kappa shape index (κ1) is 25.2. The molecular formula is C22H26FN3O5S. The van der Waals surface area contributed by atoms with E-state index in [1.807, 2.05) is 0 Å². The van der Waals surface area contributed by atoms with Gasteiger partial charge >= 0.3 is 6.09 Å². The molecule has 172 valence electrons. The van der Waals surface area contributed by atoms with E-state index in [-0.39, 0.29) is 18.0 Å². The molecule has 0 aromatic heterocycles. The smallest absolute Gasteiger partial charge is 0.410 e. The van der Waals surface area contributed by atoms with Crippen LogP contribution in [0.15, 0.2) is 60.0 Å². The van der Waals surface area contributed by atoms with E-state index < -0.39 is 22.9 Å². The van der Waals surface area contributed by atoms with E-state index in [1.165, 1.54) is 17.0 Å². The van der Waals surface area contributed by atoms with Gasteiger partial charge in [-0.05, 0) is 48.9 Å². The number of halogens is 1. The zero-order valence-corrected chi connectivity index (χ0v) is 18.5. The highest BCUT2D eigenvalue weighted by Gasteiger charge is 2.26. The molecule has 2 amide bonds. The predicted molar refractivity (Wildman–Crippen MR) is 120 cm³/mol. The maximum Gasteiger partial charge on any atom is 0.410 e. The van der Waals surface area contributed by atoms with Crippen molar-refractivity contribution in [2.75, 3.05) is 31.5 Å². The summed E-state index contributed by atoms with van der Waals surface area (Å²) in [5.74, 6) is -0.717. The van der Waals surface area contributed by atoms with Crippen LogP contribution in [0.1, 0.15) is 11.1 Å². The number of ether oxygens (including phenoxy) is 1. The van der Waals surface area contributed by atoms with Crippen molar-refractivity contribution >= 4 is 28.7 Å². The number of amides is 2. The zero-order valence-electron chi connectivity index (χ0n) is 17.7. The maximum absolute atomic E-state index is 13.9. The molecule has 1 fully saturated rings. The molecule has 1 saturated heterocycles. The summed E-state index contributed by atoms with van der Waals surface area (Å²) in [6.45, 7) is 6.57. The first-order chi connectivity index (χ1) is 14.9. The van der Waals surface area contributed by atoms with Gasteiger partial charge in [-0.15, -0.1) is 0 Å². The molecule has 1 aliphatic heterocycles. The van der Waals surface area contributed by atoms with E-state index in [4.69, 9.17) is 4.74 Å². The van der Waals surface area contributed by atoms with Gasteiger partial charge in [0, 0.05) is 37.4 Å². The number of piperazine rings is 1. The van der Waals surface area contributed by atoms with E-state index in [0.717, 1.165) is 5.56 Å². The van der Waals surface area contributed by atoms with Crippen molar-refractivity contribution < 1.29 is 28.4 Å². The van der Waals surface area contributed by atoms with Gasteiger partial charge in [-0.25, -0.2) is 17.7 Å². The lowest BCUT2D eigenvalue weighted by molar-refractivity contribution is -0.111. The van der Waals surface area contributed by atoms with Gasteiger partial charge in [0.2, 0.25) is 5.91 Å². The van der Waals surface area contributed by atoms with Gasteiger partial charge < -0.3 is 20.4 Å². The molecule has 32 heavy (non-hydrogen) atoms. The minimum atomic E-state index is -1.39. The van der Waals surface area contributed by atoms with Crippen molar-refractivity contribution in [2.45, 2.75) is 18.4 Å². The quantitative estimate of drug-likeness (QED) is 0.663. The highest BCUT2D eigenvalue weighted by molar-refractivity contribution is 7.82. The highest BCUT2D eigenvalue weighted by atomic mass is 32.2. The Morgan fingerprint density at radius 2 is 1.81 bits per heavy atom. The van der Waals surface area contributed by atoms with Gasteiger partial charge in [-0.2, -0.15) is 0 Å². The van der Waals surface area contributed by atoms with Gasteiger partial charge in [0.15, 0.2) is 0 Å². The maximum atomic E-state index is 13.9. The van der Waals surface area contributed by atoms with E-state index in [2.05, 4.69) is 11.9 Å². The average molecular weight is 464 g/mol. The van der Waals surface area contributed by atoms with Crippen LogP contribution in [0.25, 0.3) is 0 Å². The summed E-state index contributed by atoms with van der Waals surface area (Å²) in [5, 5.41) is 2.64. The van der Waals surface area contributed by atoms with Crippen LogP contribution in [0.4, 0.5) is 14.9 Å². The molecule has 1 heterocycles. The molecule has 1 atom stereocenters. The Bertz CT molecular complexity index is 971. The van der Waals surface area contributed by atoms with Crippen molar-refractivity contribution in [2.24, 2.45) is 0 Å². The largest absolute Gasteiger partial charge is 0.444 e. The minimum Gasteiger partial charge on any atom is -0.444 e. The van der Waals surface area contributed by atoms with Crippen molar-refractivity contribution in [3.63, 3.8) is 0 Å². The third kappa shape index (κ3) is 6.22. The molecule has 0 bridgehead atoms. The highest BCUT2D eigenvalue weighted by Crippen LogP contribution is 2.18. The van der Waals surface area contributed by atoms with E-state index in [1.54, 1.807) is 47.6 Å². The van der Waals surface area contributed by atoms with E-state index in [0.29, 0.717) is 42.3 Å². The van der Waals surface area contributed by atoms with Gasteiger partial charge in [-0.3, -0.25) is 4.79 Å². The first-order valence-electron chi connectivity index (χ1n) is 9.75. The lowest BCUT2D eigenvalue weighted by Crippen LogP contribution is -2.49. The summed E-state index contributed by atoms with van der Waals surface area (Å²) < 4.78 is 33.7. The van der Waals surface area contributed by atoms with Gasteiger partial charge in [0.05, 0.1) is 4.90 Å². The summed E-state index contributed by atoms with van der Waals surface area (Å²) in [6.07, 6.45) is 0.657. The van der Waals surface area contributed by atoms with Crippen LogP contribution < -0.4 is 5.32 Å². The number of nitrogens with one attached hydrogen (secondary N) is 1. The standard InChI is InChI=1S/C22H24FN3O4S.H2O/c1-3-21(27)24-17-7-9-18(10-8-17)31(29)26-13-11-25(12-14-26)22(28)30-15-19-16(2)5-4-6-20(19)23;/h3-10H,1,11-15H2,2H3,(H,24,27);1H2. The number of anilines is 1. The SMILES string of the molecule is C=CC(=O)Nc1ccc(S(=O)N2CCN(C(=O)OCc3c(C)cccc3F)CC2)cc1.O. The second-order valence-corrected chi connectivity index (χ2v) is 8.46. The Labute approximate surface area is 188 Å². The van der Waals surface area contributed by atoms with Gasteiger partial charge in [0.25, 0.3) is 0 Å². The number of carbonyl (C=O) groups is 2. The number of rotatable bonds is 6. The molecule has 0 spiro atoms. The number of benzene rings is 2. The summed E-state index contributed by atoms with van der Waals surface area (Å²) in [6, 6.07) is 11.4. The number of aryl methyl sites for hydroxylation is 1. The molecule has 1 aliphatic rings. The van der Waals surface area contributed by atoms with Crippen LogP contribution in [0.5, 0.6) is 0 Å². The van der Waals surface area contributed by atoms with E-state index in [9.17, 15) is 18.2 Å². The van der Waals surface area contributed by atoms with Crippen LogP contribution in [-0.2, 0) is 27.1 Å². The van der Waals surface area contributed by atoms with Crippen LogP contribution in [-0.4, -0.2) is 57.1 Å². The zero-order chi connectivity index (χ0) is 22.4. The Balaban J connectivity index is 0.00000363. The Hall–Kier alpha value is -3.08. The third-order valence-electron chi connectivity index (χ3n) is 4.93. The fourth-order valence-corrected chi connectivity index (χ4v) is 4.27. The van der Waals surface area contributed by atoms with Crippen molar-refractivity contribution in [1.29, 1.82) is 0 Å². The normalized spacial score (nSPS) is 14.8. The number of hydrogen-bond donors (Lipinski definition) is 1. The Morgan fingerprint density at radius 1 is 1.16 bits per heavy atom. The number of nitrogens with zero attached hydrogens (tertiary/aromatic N) is 2. The molecule has 1 unspecified atom stereocenters. The van der Waals surface area contributed by atoms with Crippen molar-refractivity contribution in [3.05, 3.63) is 72.1 Å². The molecule has 0 saturated carbocycles. The molecule has 3 N–H and O–H groups in total. The van der Waals surface area contributed by atoms with Crippen molar-refractivity contribution in [1.82, 2.24) is 9.21 Å². The van der Waals surface area contributed by atoms with Crippen LogP contribution in [0, 0.1) is 12.7 Å². The molecule has 0 radical (unpaired) electrons. The van der Waals surface area contributed by atoms with Crippen LogP contribution >= 0.6 is 0 Å². The molecule has 10 heteroatoms. The monoisotopic (exact) mass is 463 g/mol. The lowest BCUT2D eigenvalue weighted by atomic mass is 10.1. The van der Waals surface area contributed by atoms with Crippen LogP contribution in [0.2, 0.25) is 0 Å². The average Bonchev–Trinajstić information content (AvgIpc) is 2.78. The first-order valence-corrected chi connectivity index (χ1v) is 10.9. The predicted octanol–water partition coefficient (Wildman–Crippen LogP) is 2.41. The fraction of sp³-hybridized carbons (Fsp3) is 0.273. The second-order valence-electron chi connectivity index (χ2n) is 6.97. The molecule has 0 aliphatic carbocycles. The summed E-state index contributed by atoms with van der Waals surface area (Å²) in [4.78, 5) is 25.8. The summed E-state index contributed by atoms with van der Waals surface area (Å²) in [5.41, 5.74) is 1.68. The minimum absolute atomic E-state index is 0. The molecule has 2 aromatic rings. The van der Waals surface area contributed by atoms with Crippen LogP contribution in [0.3, 0.4) is 0 Å². The Morgan fingerprint density at radius 3 is 2.41 bits per heavy atom. The summed E-state index contributed by atoms with van der Waals surface area (Å²) in [7, 11) is -1.39. The van der Waals surface area contributed by atoms with Gasteiger partial charge in [-0.1, -0.05) is 18.7 Å².